The molecule has 150 valence electrons. The number of ether oxygens (including phenoxy) is 2. The van der Waals surface area contributed by atoms with Crippen molar-refractivity contribution in [3.05, 3.63) is 28.8 Å². The second-order valence-electron chi connectivity index (χ2n) is 6.81. The lowest BCUT2D eigenvalue weighted by Gasteiger charge is -2.27. The third-order valence-corrected chi connectivity index (χ3v) is 6.27. The molecule has 1 aromatic carbocycles. The zero-order valence-corrected chi connectivity index (χ0v) is 17.1. The quantitative estimate of drug-likeness (QED) is 0.651. The van der Waals surface area contributed by atoms with Gasteiger partial charge in [-0.15, -0.1) is 11.3 Å². The first-order valence-corrected chi connectivity index (χ1v) is 10.0. The molecule has 0 saturated heterocycles. The fourth-order valence-corrected chi connectivity index (χ4v) is 5.11. The number of carbonyl (C=O) groups is 2. The van der Waals surface area contributed by atoms with Crippen LogP contribution in [0.25, 0.3) is 10.4 Å². The zero-order valence-electron chi connectivity index (χ0n) is 16.3. The zero-order chi connectivity index (χ0) is 20.4. The van der Waals surface area contributed by atoms with E-state index in [9.17, 15) is 9.59 Å². The molecular formula is C20H25N3O4S. The highest BCUT2D eigenvalue weighted by molar-refractivity contribution is 7.20. The molecule has 1 aliphatic rings. The fourth-order valence-electron chi connectivity index (χ4n) is 3.83. The molecule has 7 nitrogen and oxygen atoms in total. The molecule has 2 aromatic rings. The van der Waals surface area contributed by atoms with E-state index in [4.69, 9.17) is 20.9 Å². The lowest BCUT2D eigenvalue weighted by atomic mass is 9.78. The van der Waals surface area contributed by atoms with Crippen molar-refractivity contribution >= 4 is 28.3 Å². The number of urea groups is 1. The van der Waals surface area contributed by atoms with Gasteiger partial charge in [-0.3, -0.25) is 10.1 Å². The van der Waals surface area contributed by atoms with Gasteiger partial charge in [-0.25, -0.2) is 4.79 Å². The predicted octanol–water partition coefficient (Wildman–Crippen LogP) is 3.85. The number of nitrogens with two attached hydrogens (primary N) is 2. The molecule has 3 rings (SSSR count). The number of anilines is 1. The summed E-state index contributed by atoms with van der Waals surface area (Å²) in [5.41, 5.74) is 14.3. The molecule has 3 amide bonds. The van der Waals surface area contributed by atoms with Crippen molar-refractivity contribution in [1.82, 2.24) is 0 Å². The molecule has 0 aliphatic heterocycles. The molecule has 1 aliphatic carbocycles. The van der Waals surface area contributed by atoms with Gasteiger partial charge in [-0.1, -0.05) is 19.8 Å². The van der Waals surface area contributed by atoms with Gasteiger partial charge in [0.25, 0.3) is 5.91 Å². The normalized spacial score (nSPS) is 14.8. The molecular weight excluding hydrogens is 378 g/mol. The number of carbonyl (C=O) groups excluding carboxylic acids is 2. The van der Waals surface area contributed by atoms with Crippen molar-refractivity contribution in [2.24, 2.45) is 11.5 Å². The highest BCUT2D eigenvalue weighted by Crippen LogP contribution is 2.52. The lowest BCUT2D eigenvalue weighted by molar-refractivity contribution is 0.100. The first-order chi connectivity index (χ1) is 13.4. The van der Waals surface area contributed by atoms with E-state index in [1.807, 2.05) is 12.1 Å². The van der Waals surface area contributed by atoms with Gasteiger partial charge in [0.2, 0.25) is 0 Å². The molecule has 1 aromatic heterocycles. The minimum Gasteiger partial charge on any atom is -0.493 e. The Balaban J connectivity index is 2.24. The topological polar surface area (TPSA) is 117 Å². The Morgan fingerprint density at radius 2 is 1.89 bits per heavy atom. The minimum absolute atomic E-state index is 0.219. The Hall–Kier alpha value is -2.74. The summed E-state index contributed by atoms with van der Waals surface area (Å²) in [7, 11) is 3.21. The third kappa shape index (κ3) is 3.52. The summed E-state index contributed by atoms with van der Waals surface area (Å²) in [4.78, 5) is 24.5. The Morgan fingerprint density at radius 3 is 2.46 bits per heavy atom. The minimum atomic E-state index is -0.726. The summed E-state index contributed by atoms with van der Waals surface area (Å²) in [6.45, 7) is 2.15. The maximum atomic E-state index is 12.2. The van der Waals surface area contributed by atoms with Gasteiger partial charge in [0.05, 0.1) is 19.8 Å². The number of hydrogen-bond acceptors (Lipinski definition) is 5. The average molecular weight is 404 g/mol. The van der Waals surface area contributed by atoms with Gasteiger partial charge in [-0.05, 0) is 47.6 Å². The van der Waals surface area contributed by atoms with Gasteiger partial charge in [0, 0.05) is 4.88 Å². The number of unbranched alkanes of at least 4 members (excludes halogenated alkanes) is 1. The number of amides is 3. The lowest BCUT2D eigenvalue weighted by Crippen LogP contribution is -2.22. The number of hydrogen-bond donors (Lipinski definition) is 3. The van der Waals surface area contributed by atoms with Crippen LogP contribution in [0.5, 0.6) is 11.5 Å². The Labute approximate surface area is 168 Å². The smallest absolute Gasteiger partial charge is 0.317 e. The summed E-state index contributed by atoms with van der Waals surface area (Å²) in [5, 5.41) is 2.94. The van der Waals surface area contributed by atoms with Crippen LogP contribution in [0, 0.1) is 0 Å². The van der Waals surface area contributed by atoms with E-state index in [0.29, 0.717) is 28.5 Å². The summed E-state index contributed by atoms with van der Waals surface area (Å²) in [5.74, 6) is 0.936. The van der Waals surface area contributed by atoms with E-state index in [-0.39, 0.29) is 5.92 Å². The van der Waals surface area contributed by atoms with Crippen LogP contribution in [0.2, 0.25) is 0 Å². The van der Waals surface area contributed by atoms with Gasteiger partial charge in [0.1, 0.15) is 5.00 Å². The fraction of sp³-hybridized carbons (Fsp3) is 0.400. The first kappa shape index (κ1) is 20.0. The maximum Gasteiger partial charge on any atom is 0.317 e. The van der Waals surface area contributed by atoms with Crippen molar-refractivity contribution in [3.63, 3.8) is 0 Å². The SMILES string of the molecule is CCCCC1Cc2c(sc(NC(N)=O)c2C(N)=O)-c2cc(OC)c(OC)cc21. The monoisotopic (exact) mass is 403 g/mol. The van der Waals surface area contributed by atoms with Crippen LogP contribution in [0.4, 0.5) is 9.80 Å². The summed E-state index contributed by atoms with van der Waals surface area (Å²) < 4.78 is 11.0. The number of fused-ring (bicyclic) bond motifs is 3. The Bertz CT molecular complexity index is 923. The van der Waals surface area contributed by atoms with Crippen molar-refractivity contribution in [1.29, 1.82) is 0 Å². The summed E-state index contributed by atoms with van der Waals surface area (Å²) >= 11 is 1.31. The first-order valence-electron chi connectivity index (χ1n) is 9.19. The van der Waals surface area contributed by atoms with Crippen LogP contribution in [0.15, 0.2) is 12.1 Å². The number of methoxy groups -OCH3 is 2. The third-order valence-electron chi connectivity index (χ3n) is 5.09. The molecule has 0 spiro atoms. The molecule has 0 fully saturated rings. The van der Waals surface area contributed by atoms with Crippen molar-refractivity contribution in [2.45, 2.75) is 38.5 Å². The molecule has 1 heterocycles. The molecule has 28 heavy (non-hydrogen) atoms. The number of rotatable bonds is 7. The second-order valence-corrected chi connectivity index (χ2v) is 7.83. The highest BCUT2D eigenvalue weighted by atomic mass is 32.1. The van der Waals surface area contributed by atoms with Crippen molar-refractivity contribution in [3.8, 4) is 21.9 Å². The van der Waals surface area contributed by atoms with Crippen LogP contribution >= 0.6 is 11.3 Å². The van der Waals surface area contributed by atoms with Gasteiger partial charge in [-0.2, -0.15) is 0 Å². The van der Waals surface area contributed by atoms with Crippen molar-refractivity contribution in [2.75, 3.05) is 19.5 Å². The Morgan fingerprint density at radius 1 is 1.21 bits per heavy atom. The van der Waals surface area contributed by atoms with E-state index in [0.717, 1.165) is 40.8 Å². The highest BCUT2D eigenvalue weighted by Gasteiger charge is 2.33. The molecule has 8 heteroatoms. The van der Waals surface area contributed by atoms with Crippen LogP contribution in [0.3, 0.4) is 0 Å². The van der Waals surface area contributed by atoms with E-state index in [1.54, 1.807) is 14.2 Å². The molecule has 0 bridgehead atoms. The number of nitrogens with one attached hydrogen (secondary N) is 1. The van der Waals surface area contributed by atoms with Crippen LogP contribution in [0.1, 0.15) is 53.6 Å². The van der Waals surface area contributed by atoms with Crippen LogP contribution in [-0.4, -0.2) is 26.2 Å². The molecule has 0 radical (unpaired) electrons. The van der Waals surface area contributed by atoms with Crippen LogP contribution in [-0.2, 0) is 6.42 Å². The average Bonchev–Trinajstić information content (AvgIpc) is 3.02. The standard InChI is InChI=1S/C20H25N3O4S/c1-4-5-6-10-7-13-16(18(21)24)19(23-20(22)25)28-17(13)12-9-15(27-3)14(26-2)8-11(10)12/h8-10H,4-7H2,1-3H3,(H2,21,24)(H3,22,23,25). The predicted molar refractivity (Wildman–Crippen MR) is 111 cm³/mol. The molecule has 1 unspecified atom stereocenters. The largest absolute Gasteiger partial charge is 0.493 e. The van der Waals surface area contributed by atoms with E-state index in [1.165, 1.54) is 11.3 Å². The maximum absolute atomic E-state index is 12.2. The number of benzene rings is 1. The van der Waals surface area contributed by atoms with Crippen molar-refractivity contribution < 1.29 is 19.1 Å². The number of thiophene rings is 1. The molecule has 5 N–H and O–H groups in total. The van der Waals surface area contributed by atoms with E-state index >= 15 is 0 Å². The van der Waals surface area contributed by atoms with E-state index in [2.05, 4.69) is 12.2 Å². The Kier molecular flexibility index (Phi) is 5.79. The van der Waals surface area contributed by atoms with Gasteiger partial charge >= 0.3 is 6.03 Å². The van der Waals surface area contributed by atoms with E-state index < -0.39 is 11.9 Å². The number of primary amides is 2. The van der Waals surface area contributed by atoms with Gasteiger partial charge < -0.3 is 20.9 Å². The molecule has 0 saturated carbocycles. The summed E-state index contributed by atoms with van der Waals surface area (Å²) in [6, 6.07) is 3.22. The van der Waals surface area contributed by atoms with Gasteiger partial charge in [0.15, 0.2) is 11.5 Å². The summed E-state index contributed by atoms with van der Waals surface area (Å²) in [6.07, 6.45) is 3.79. The van der Waals surface area contributed by atoms with Crippen LogP contribution < -0.4 is 26.3 Å². The molecule has 1 atom stereocenters. The second kappa shape index (κ2) is 8.10.